The standard InChI is InChI=1S/C15H18O3/c1-2-3-4-8-11-17-15(16)14-13(18-14)12-9-6-5-7-10-12/h3-7,9-10,13-14H,2,8,11H2,1H3. The highest BCUT2D eigenvalue weighted by Gasteiger charge is 2.47. The summed E-state index contributed by atoms with van der Waals surface area (Å²) in [4.78, 5) is 11.7. The number of hydrogen-bond donors (Lipinski definition) is 0. The van der Waals surface area contributed by atoms with E-state index in [2.05, 4.69) is 13.0 Å². The lowest BCUT2D eigenvalue weighted by molar-refractivity contribution is -0.144. The SMILES string of the molecule is CCC=CCCOC(=O)C1OC1c1ccccc1. The van der Waals surface area contributed by atoms with Gasteiger partial charge in [-0.05, 0) is 18.4 Å². The van der Waals surface area contributed by atoms with Crippen molar-refractivity contribution in [3.8, 4) is 0 Å². The van der Waals surface area contributed by atoms with Crippen LogP contribution in [0, 0.1) is 0 Å². The molecule has 1 saturated heterocycles. The van der Waals surface area contributed by atoms with Crippen LogP contribution in [0.4, 0.5) is 0 Å². The molecule has 0 N–H and O–H groups in total. The average molecular weight is 246 g/mol. The van der Waals surface area contributed by atoms with Gasteiger partial charge in [0, 0.05) is 0 Å². The van der Waals surface area contributed by atoms with Crippen LogP contribution in [-0.4, -0.2) is 18.7 Å². The van der Waals surface area contributed by atoms with Crippen molar-refractivity contribution in [2.24, 2.45) is 0 Å². The first-order valence-corrected chi connectivity index (χ1v) is 6.35. The normalized spacial score (nSPS) is 22.1. The number of esters is 1. The molecule has 1 aliphatic heterocycles. The van der Waals surface area contributed by atoms with Gasteiger partial charge in [-0.2, -0.15) is 0 Å². The fourth-order valence-electron chi connectivity index (χ4n) is 1.78. The Bertz CT molecular complexity index is 411. The molecule has 0 aliphatic carbocycles. The quantitative estimate of drug-likeness (QED) is 0.335. The molecule has 3 heteroatoms. The van der Waals surface area contributed by atoms with Gasteiger partial charge < -0.3 is 9.47 Å². The van der Waals surface area contributed by atoms with E-state index in [-0.39, 0.29) is 12.1 Å². The molecule has 1 heterocycles. The molecular weight excluding hydrogens is 228 g/mol. The fraction of sp³-hybridized carbons (Fsp3) is 0.400. The van der Waals surface area contributed by atoms with E-state index >= 15 is 0 Å². The third-order valence-electron chi connectivity index (χ3n) is 2.78. The van der Waals surface area contributed by atoms with Crippen molar-refractivity contribution in [1.82, 2.24) is 0 Å². The second kappa shape index (κ2) is 6.36. The van der Waals surface area contributed by atoms with E-state index in [0.717, 1.165) is 18.4 Å². The lowest BCUT2D eigenvalue weighted by Gasteiger charge is -2.00. The molecule has 0 aromatic heterocycles. The summed E-state index contributed by atoms with van der Waals surface area (Å²) in [5, 5.41) is 0. The largest absolute Gasteiger partial charge is 0.463 e. The van der Waals surface area contributed by atoms with E-state index in [4.69, 9.17) is 9.47 Å². The van der Waals surface area contributed by atoms with Gasteiger partial charge in [-0.15, -0.1) is 0 Å². The summed E-state index contributed by atoms with van der Waals surface area (Å²) in [5.41, 5.74) is 1.03. The zero-order valence-electron chi connectivity index (χ0n) is 10.5. The Morgan fingerprint density at radius 3 is 2.83 bits per heavy atom. The molecule has 0 spiro atoms. The second-order valence-corrected chi connectivity index (χ2v) is 4.22. The summed E-state index contributed by atoms with van der Waals surface area (Å²) in [7, 11) is 0. The van der Waals surface area contributed by atoms with Crippen molar-refractivity contribution in [1.29, 1.82) is 0 Å². The number of hydrogen-bond acceptors (Lipinski definition) is 3. The fourth-order valence-corrected chi connectivity index (χ4v) is 1.78. The molecule has 3 nitrogen and oxygen atoms in total. The van der Waals surface area contributed by atoms with E-state index in [0.29, 0.717) is 6.61 Å². The number of carbonyl (C=O) groups is 1. The third-order valence-corrected chi connectivity index (χ3v) is 2.78. The van der Waals surface area contributed by atoms with E-state index < -0.39 is 6.10 Å². The zero-order chi connectivity index (χ0) is 12.8. The van der Waals surface area contributed by atoms with Gasteiger partial charge in [-0.3, -0.25) is 0 Å². The molecule has 1 aromatic carbocycles. The van der Waals surface area contributed by atoms with Crippen LogP contribution < -0.4 is 0 Å². The van der Waals surface area contributed by atoms with Gasteiger partial charge in [0.15, 0.2) is 6.10 Å². The summed E-state index contributed by atoms with van der Waals surface area (Å²) >= 11 is 0. The Balaban J connectivity index is 1.71. The number of ether oxygens (including phenoxy) is 2. The Labute approximate surface area is 107 Å². The summed E-state index contributed by atoms with van der Waals surface area (Å²) in [6.45, 7) is 2.50. The molecule has 2 unspecified atom stereocenters. The van der Waals surface area contributed by atoms with Gasteiger partial charge in [0.25, 0.3) is 0 Å². The Morgan fingerprint density at radius 2 is 2.11 bits per heavy atom. The summed E-state index contributed by atoms with van der Waals surface area (Å²) in [6, 6.07) is 9.74. The zero-order valence-corrected chi connectivity index (χ0v) is 10.5. The lowest BCUT2D eigenvalue weighted by Crippen LogP contribution is -2.12. The summed E-state index contributed by atoms with van der Waals surface area (Å²) < 4.78 is 10.5. The number of epoxide rings is 1. The van der Waals surface area contributed by atoms with Crippen LogP contribution in [0.3, 0.4) is 0 Å². The van der Waals surface area contributed by atoms with E-state index in [9.17, 15) is 4.79 Å². The monoisotopic (exact) mass is 246 g/mol. The molecule has 0 radical (unpaired) electrons. The van der Waals surface area contributed by atoms with Crippen LogP contribution >= 0.6 is 0 Å². The van der Waals surface area contributed by atoms with Crippen molar-refractivity contribution in [2.75, 3.05) is 6.61 Å². The van der Waals surface area contributed by atoms with Crippen LogP contribution in [0.15, 0.2) is 42.5 Å². The first-order chi connectivity index (χ1) is 8.83. The van der Waals surface area contributed by atoms with E-state index in [1.807, 2.05) is 36.4 Å². The van der Waals surface area contributed by atoms with Crippen LogP contribution in [0.1, 0.15) is 31.4 Å². The smallest absolute Gasteiger partial charge is 0.338 e. The highest BCUT2D eigenvalue weighted by molar-refractivity contribution is 5.78. The maximum atomic E-state index is 11.7. The topological polar surface area (TPSA) is 38.8 Å². The highest BCUT2D eigenvalue weighted by Crippen LogP contribution is 2.39. The molecule has 1 fully saturated rings. The molecular formula is C15H18O3. The minimum Gasteiger partial charge on any atom is -0.463 e. The summed E-state index contributed by atoms with van der Waals surface area (Å²) in [6.07, 6.45) is 5.33. The molecule has 0 bridgehead atoms. The molecule has 2 atom stereocenters. The summed E-state index contributed by atoms with van der Waals surface area (Å²) in [5.74, 6) is -0.256. The van der Waals surface area contributed by atoms with E-state index in [1.54, 1.807) is 0 Å². The van der Waals surface area contributed by atoms with Crippen molar-refractivity contribution in [3.05, 3.63) is 48.0 Å². The van der Waals surface area contributed by atoms with E-state index in [1.165, 1.54) is 0 Å². The van der Waals surface area contributed by atoms with Gasteiger partial charge in [0.1, 0.15) is 6.10 Å². The predicted octanol–water partition coefficient (Wildman–Crippen LogP) is 3.03. The second-order valence-electron chi connectivity index (χ2n) is 4.22. The van der Waals surface area contributed by atoms with Gasteiger partial charge in [0.2, 0.25) is 0 Å². The maximum absolute atomic E-state index is 11.7. The van der Waals surface area contributed by atoms with Crippen molar-refractivity contribution in [3.63, 3.8) is 0 Å². The van der Waals surface area contributed by atoms with Crippen molar-refractivity contribution >= 4 is 5.97 Å². The van der Waals surface area contributed by atoms with Crippen LogP contribution in [0.5, 0.6) is 0 Å². The molecule has 18 heavy (non-hydrogen) atoms. The molecule has 0 saturated carbocycles. The lowest BCUT2D eigenvalue weighted by atomic mass is 10.1. The first-order valence-electron chi connectivity index (χ1n) is 6.35. The van der Waals surface area contributed by atoms with Crippen molar-refractivity contribution < 1.29 is 14.3 Å². The van der Waals surface area contributed by atoms with Crippen LogP contribution in [-0.2, 0) is 14.3 Å². The molecule has 0 amide bonds. The Morgan fingerprint density at radius 1 is 1.33 bits per heavy atom. The van der Waals surface area contributed by atoms with Crippen molar-refractivity contribution in [2.45, 2.75) is 32.0 Å². The van der Waals surface area contributed by atoms with Gasteiger partial charge >= 0.3 is 5.97 Å². The molecule has 1 aromatic rings. The Hall–Kier alpha value is -1.61. The van der Waals surface area contributed by atoms with Gasteiger partial charge in [0.05, 0.1) is 6.61 Å². The van der Waals surface area contributed by atoms with Crippen LogP contribution in [0.2, 0.25) is 0 Å². The number of carbonyl (C=O) groups excluding carboxylic acids is 1. The molecule has 2 rings (SSSR count). The number of rotatable bonds is 6. The maximum Gasteiger partial charge on any atom is 0.338 e. The molecule has 1 aliphatic rings. The number of benzene rings is 1. The van der Waals surface area contributed by atoms with Crippen LogP contribution in [0.25, 0.3) is 0 Å². The Kier molecular flexibility index (Phi) is 4.53. The average Bonchev–Trinajstić information content (AvgIpc) is 3.20. The third kappa shape index (κ3) is 3.44. The predicted molar refractivity (Wildman–Crippen MR) is 69.1 cm³/mol. The minimum absolute atomic E-state index is 0.120. The number of allylic oxidation sites excluding steroid dienone is 1. The highest BCUT2D eigenvalue weighted by atomic mass is 16.6. The molecule has 96 valence electrons. The minimum atomic E-state index is -0.414. The van der Waals surface area contributed by atoms with Gasteiger partial charge in [-0.1, -0.05) is 49.4 Å². The van der Waals surface area contributed by atoms with Gasteiger partial charge in [-0.25, -0.2) is 4.79 Å². The first kappa shape index (κ1) is 12.8.